The van der Waals surface area contributed by atoms with E-state index in [9.17, 15) is 14.4 Å². The molecule has 6 heteroatoms. The molecule has 6 nitrogen and oxygen atoms in total. The first-order valence-corrected chi connectivity index (χ1v) is 29.3. The Morgan fingerprint density at radius 3 is 0.956 bits per heavy atom. The molecular formula is C62H110O6. The average Bonchev–Trinajstić information content (AvgIpc) is 3.34. The van der Waals surface area contributed by atoms with Crippen molar-refractivity contribution in [1.82, 2.24) is 0 Å². The highest BCUT2D eigenvalue weighted by Gasteiger charge is 2.19. The van der Waals surface area contributed by atoms with E-state index < -0.39 is 6.10 Å². The van der Waals surface area contributed by atoms with Crippen molar-refractivity contribution in [2.45, 2.75) is 303 Å². The molecule has 0 aromatic carbocycles. The van der Waals surface area contributed by atoms with Gasteiger partial charge in [-0.3, -0.25) is 14.4 Å². The lowest BCUT2D eigenvalue weighted by molar-refractivity contribution is -0.167. The van der Waals surface area contributed by atoms with Gasteiger partial charge in [0.25, 0.3) is 0 Å². The fourth-order valence-electron chi connectivity index (χ4n) is 8.45. The lowest BCUT2D eigenvalue weighted by Crippen LogP contribution is -2.30. The minimum atomic E-state index is -0.793. The van der Waals surface area contributed by atoms with Crippen LogP contribution in [0.5, 0.6) is 0 Å². The highest BCUT2D eigenvalue weighted by molar-refractivity contribution is 5.71. The van der Waals surface area contributed by atoms with E-state index in [1.54, 1.807) is 0 Å². The van der Waals surface area contributed by atoms with Gasteiger partial charge in [-0.15, -0.1) is 0 Å². The van der Waals surface area contributed by atoms with Gasteiger partial charge < -0.3 is 14.2 Å². The lowest BCUT2D eigenvalue weighted by atomic mass is 10.0. The molecule has 1 unspecified atom stereocenters. The molecule has 0 spiro atoms. The second-order valence-corrected chi connectivity index (χ2v) is 19.6. The minimum absolute atomic E-state index is 0.0877. The first kappa shape index (κ1) is 65.1. The van der Waals surface area contributed by atoms with Crippen molar-refractivity contribution in [2.75, 3.05) is 13.2 Å². The standard InChI is InChI=1S/C62H110O6/c1-4-7-10-13-16-19-22-25-27-29-31-33-34-37-40-43-46-49-52-55-61(64)67-58-59(57-66-60(63)54-51-48-45-42-39-36-24-21-18-15-12-9-6-3)68-62(65)56-53-50-47-44-41-38-35-32-30-28-26-23-20-17-14-11-8-5-2/h9,12,15,18,21,24,32,35-36,39,59H,4-8,10-11,13-14,16-17,19-20,22-23,25-31,33-34,37-38,40-58H2,1-3H3/b12-9-,18-15-,24-21-,35-32-,39-36-. The molecule has 0 aromatic heterocycles. The Hall–Kier alpha value is -2.89. The van der Waals surface area contributed by atoms with Gasteiger partial charge in [0.2, 0.25) is 0 Å². The largest absolute Gasteiger partial charge is 0.462 e. The summed E-state index contributed by atoms with van der Waals surface area (Å²) < 4.78 is 16.8. The fraction of sp³-hybridized carbons (Fsp3) is 0.790. The molecule has 0 amide bonds. The fourth-order valence-corrected chi connectivity index (χ4v) is 8.45. The van der Waals surface area contributed by atoms with E-state index in [0.29, 0.717) is 19.3 Å². The lowest BCUT2D eigenvalue weighted by Gasteiger charge is -2.18. The van der Waals surface area contributed by atoms with E-state index in [2.05, 4.69) is 51.2 Å². The van der Waals surface area contributed by atoms with Gasteiger partial charge >= 0.3 is 17.9 Å². The number of allylic oxidation sites excluding steroid dienone is 10. The summed E-state index contributed by atoms with van der Waals surface area (Å²) in [6, 6.07) is 0. The number of carbonyl (C=O) groups is 3. The highest BCUT2D eigenvalue weighted by Crippen LogP contribution is 2.17. The Balaban J connectivity index is 4.37. The summed E-state index contributed by atoms with van der Waals surface area (Å²) in [6.07, 6.45) is 70.8. The third kappa shape index (κ3) is 54.1. The molecule has 1 atom stereocenters. The Kier molecular flexibility index (Phi) is 54.3. The zero-order valence-electron chi connectivity index (χ0n) is 45.1. The minimum Gasteiger partial charge on any atom is -0.462 e. The van der Waals surface area contributed by atoms with Gasteiger partial charge in [-0.2, -0.15) is 0 Å². The molecule has 0 aliphatic carbocycles. The monoisotopic (exact) mass is 951 g/mol. The molecule has 0 heterocycles. The average molecular weight is 952 g/mol. The van der Waals surface area contributed by atoms with Crippen molar-refractivity contribution in [3.63, 3.8) is 0 Å². The van der Waals surface area contributed by atoms with Gasteiger partial charge in [0.15, 0.2) is 6.10 Å². The van der Waals surface area contributed by atoms with Gasteiger partial charge in [-0.1, -0.05) is 274 Å². The maximum atomic E-state index is 12.9. The molecule has 394 valence electrons. The van der Waals surface area contributed by atoms with Crippen molar-refractivity contribution in [1.29, 1.82) is 0 Å². The van der Waals surface area contributed by atoms with Crippen LogP contribution >= 0.6 is 0 Å². The van der Waals surface area contributed by atoms with Crippen LogP contribution in [0, 0.1) is 0 Å². The number of esters is 3. The number of carbonyl (C=O) groups excluding carboxylic acids is 3. The quantitative estimate of drug-likeness (QED) is 0.0199. The van der Waals surface area contributed by atoms with E-state index in [1.165, 1.54) is 173 Å². The molecule has 0 aliphatic heterocycles. The van der Waals surface area contributed by atoms with Gasteiger partial charge in [0.1, 0.15) is 13.2 Å². The van der Waals surface area contributed by atoms with E-state index in [-0.39, 0.29) is 31.1 Å². The third-order valence-corrected chi connectivity index (χ3v) is 12.9. The predicted octanol–water partition coefficient (Wildman–Crippen LogP) is 19.6. The van der Waals surface area contributed by atoms with Crippen LogP contribution in [0.3, 0.4) is 0 Å². The van der Waals surface area contributed by atoms with Gasteiger partial charge in [-0.05, 0) is 64.2 Å². The van der Waals surface area contributed by atoms with Crippen LogP contribution in [0.4, 0.5) is 0 Å². The third-order valence-electron chi connectivity index (χ3n) is 12.9. The molecule has 0 radical (unpaired) electrons. The van der Waals surface area contributed by atoms with Gasteiger partial charge in [0, 0.05) is 19.3 Å². The Morgan fingerprint density at radius 2 is 0.588 bits per heavy atom. The highest BCUT2D eigenvalue weighted by atomic mass is 16.6. The molecule has 68 heavy (non-hydrogen) atoms. The van der Waals surface area contributed by atoms with Crippen LogP contribution in [0.2, 0.25) is 0 Å². The predicted molar refractivity (Wildman–Crippen MR) is 293 cm³/mol. The summed E-state index contributed by atoms with van der Waals surface area (Å²) >= 11 is 0. The van der Waals surface area contributed by atoms with Crippen molar-refractivity contribution >= 4 is 17.9 Å². The van der Waals surface area contributed by atoms with Gasteiger partial charge in [0.05, 0.1) is 0 Å². The van der Waals surface area contributed by atoms with Crippen LogP contribution in [0.25, 0.3) is 0 Å². The molecule has 0 saturated heterocycles. The van der Waals surface area contributed by atoms with Crippen LogP contribution in [-0.4, -0.2) is 37.2 Å². The van der Waals surface area contributed by atoms with Gasteiger partial charge in [-0.25, -0.2) is 0 Å². The van der Waals surface area contributed by atoms with E-state index in [1.807, 2.05) is 30.4 Å². The maximum Gasteiger partial charge on any atom is 0.306 e. The summed E-state index contributed by atoms with van der Waals surface area (Å²) in [7, 11) is 0. The summed E-state index contributed by atoms with van der Waals surface area (Å²) in [6.45, 7) is 6.50. The first-order valence-electron chi connectivity index (χ1n) is 29.3. The second-order valence-electron chi connectivity index (χ2n) is 19.6. The van der Waals surface area contributed by atoms with E-state index in [0.717, 1.165) is 83.5 Å². The Morgan fingerprint density at radius 1 is 0.309 bits per heavy atom. The zero-order valence-corrected chi connectivity index (χ0v) is 45.1. The Labute approximate surface area is 421 Å². The smallest absolute Gasteiger partial charge is 0.306 e. The summed E-state index contributed by atoms with van der Waals surface area (Å²) in [5.41, 5.74) is 0. The SMILES string of the molecule is CC\C=C/C=C\C=C/C=C\CCCCCC(=O)OCC(COC(=O)CCCCCCCCCCCCCCCCCCCCC)OC(=O)CCCCCCC/C=C\CCCCCCCCCCC. The van der Waals surface area contributed by atoms with E-state index in [4.69, 9.17) is 14.2 Å². The molecule has 0 aromatic rings. The molecule has 0 fully saturated rings. The molecule has 0 rings (SSSR count). The molecular weight excluding hydrogens is 841 g/mol. The van der Waals surface area contributed by atoms with Crippen molar-refractivity contribution < 1.29 is 28.6 Å². The molecule has 0 aliphatic rings. The number of hydrogen-bond acceptors (Lipinski definition) is 6. The van der Waals surface area contributed by atoms with Crippen molar-refractivity contribution in [3.8, 4) is 0 Å². The molecule has 0 saturated carbocycles. The number of ether oxygens (including phenoxy) is 3. The normalized spacial score (nSPS) is 12.5. The van der Waals surface area contributed by atoms with Crippen LogP contribution in [0.1, 0.15) is 297 Å². The molecule has 0 N–H and O–H groups in total. The van der Waals surface area contributed by atoms with Crippen LogP contribution in [0.15, 0.2) is 60.8 Å². The van der Waals surface area contributed by atoms with Crippen molar-refractivity contribution in [2.24, 2.45) is 0 Å². The Bertz CT molecular complexity index is 1230. The second kappa shape index (κ2) is 56.7. The van der Waals surface area contributed by atoms with Crippen molar-refractivity contribution in [3.05, 3.63) is 60.8 Å². The number of rotatable bonds is 53. The first-order chi connectivity index (χ1) is 33.5. The summed E-state index contributed by atoms with van der Waals surface area (Å²) in [5.74, 6) is -0.924. The van der Waals surface area contributed by atoms with Crippen LogP contribution in [-0.2, 0) is 28.6 Å². The summed E-state index contributed by atoms with van der Waals surface area (Å²) in [4.78, 5) is 38.1. The number of hydrogen-bond donors (Lipinski definition) is 0. The topological polar surface area (TPSA) is 78.9 Å². The molecule has 0 bridgehead atoms. The number of unbranched alkanes of at least 4 members (excludes halogenated alkanes) is 35. The summed E-state index contributed by atoms with van der Waals surface area (Å²) in [5, 5.41) is 0. The van der Waals surface area contributed by atoms with Crippen LogP contribution < -0.4 is 0 Å². The van der Waals surface area contributed by atoms with E-state index >= 15 is 0 Å². The maximum absolute atomic E-state index is 12.9. The zero-order chi connectivity index (χ0) is 49.3.